The van der Waals surface area contributed by atoms with Crippen molar-refractivity contribution in [3.63, 3.8) is 0 Å². The molecule has 5 nitrogen and oxygen atoms in total. The van der Waals surface area contributed by atoms with E-state index in [1.807, 2.05) is 0 Å². The van der Waals surface area contributed by atoms with Crippen LogP contribution < -0.4 is 10.1 Å². The third-order valence-corrected chi connectivity index (χ3v) is 7.03. The van der Waals surface area contributed by atoms with Gasteiger partial charge in [0.2, 0.25) is 0 Å². The normalized spacial score (nSPS) is 30.8. The zero-order valence-corrected chi connectivity index (χ0v) is 16.5. The van der Waals surface area contributed by atoms with Crippen LogP contribution in [0, 0.1) is 23.2 Å². The van der Waals surface area contributed by atoms with E-state index in [4.69, 9.17) is 4.74 Å². The van der Waals surface area contributed by atoms with Crippen LogP contribution in [-0.2, 0) is 9.53 Å². The van der Waals surface area contributed by atoms with Crippen molar-refractivity contribution >= 4 is 11.9 Å². The molecule has 0 aromatic heterocycles. The number of hydrogen-bond donors (Lipinski definition) is 1. The van der Waals surface area contributed by atoms with Crippen LogP contribution in [0.3, 0.4) is 0 Å². The smallest absolute Gasteiger partial charge is 0.387 e. The largest absolute Gasteiger partial charge is 0.452 e. The fourth-order valence-electron chi connectivity index (χ4n) is 6.13. The Balaban J connectivity index is 1.27. The maximum Gasteiger partial charge on any atom is 0.387 e. The van der Waals surface area contributed by atoms with Crippen molar-refractivity contribution < 1.29 is 27.8 Å². The molecule has 0 unspecified atom stereocenters. The highest BCUT2D eigenvalue weighted by Crippen LogP contribution is 2.61. The van der Waals surface area contributed by atoms with Gasteiger partial charge in [0.1, 0.15) is 5.75 Å². The molecule has 4 saturated carbocycles. The molecule has 0 spiro atoms. The van der Waals surface area contributed by atoms with Crippen LogP contribution >= 0.6 is 0 Å². The van der Waals surface area contributed by atoms with Gasteiger partial charge in [-0.2, -0.15) is 8.78 Å². The number of esters is 1. The monoisotopic (exact) mass is 407 g/mol. The van der Waals surface area contributed by atoms with Gasteiger partial charge in [-0.25, -0.2) is 4.79 Å². The van der Waals surface area contributed by atoms with Gasteiger partial charge >= 0.3 is 12.6 Å². The number of hydrogen-bond acceptors (Lipinski definition) is 4. The molecule has 0 aliphatic heterocycles. The van der Waals surface area contributed by atoms with Crippen molar-refractivity contribution in [2.45, 2.75) is 58.1 Å². The molecular weight excluding hydrogens is 380 g/mol. The van der Waals surface area contributed by atoms with Gasteiger partial charge in [-0.15, -0.1) is 0 Å². The molecule has 4 bridgehead atoms. The third kappa shape index (κ3) is 4.38. The van der Waals surface area contributed by atoms with Crippen molar-refractivity contribution in [3.8, 4) is 5.75 Å². The van der Waals surface area contributed by atoms with Gasteiger partial charge in [0.25, 0.3) is 5.91 Å². The first-order valence-corrected chi connectivity index (χ1v) is 10.3. The Kier molecular flexibility index (Phi) is 5.49. The highest BCUT2D eigenvalue weighted by Gasteiger charge is 2.53. The molecular formula is C22H27F2NO4. The Morgan fingerprint density at radius 1 is 1.07 bits per heavy atom. The lowest BCUT2D eigenvalue weighted by Gasteiger charge is -2.59. The van der Waals surface area contributed by atoms with Gasteiger partial charge in [0, 0.05) is 6.04 Å². The van der Waals surface area contributed by atoms with Crippen LogP contribution in [0.15, 0.2) is 24.3 Å². The summed E-state index contributed by atoms with van der Waals surface area (Å²) in [7, 11) is 0. The molecule has 1 amide bonds. The third-order valence-electron chi connectivity index (χ3n) is 7.03. The van der Waals surface area contributed by atoms with Gasteiger partial charge in [-0.3, -0.25) is 4.79 Å². The summed E-state index contributed by atoms with van der Waals surface area (Å²) in [5, 5.41) is 3.05. The van der Waals surface area contributed by atoms with E-state index in [0.29, 0.717) is 0 Å². The molecule has 4 aliphatic rings. The summed E-state index contributed by atoms with van der Waals surface area (Å²) in [4.78, 5) is 24.5. The van der Waals surface area contributed by atoms with E-state index in [2.05, 4.69) is 17.0 Å². The van der Waals surface area contributed by atoms with Crippen LogP contribution in [0.4, 0.5) is 8.78 Å². The molecule has 4 fully saturated rings. The van der Waals surface area contributed by atoms with Gasteiger partial charge in [0.15, 0.2) is 6.61 Å². The fourth-order valence-corrected chi connectivity index (χ4v) is 6.13. The number of ether oxygens (including phenoxy) is 2. The van der Waals surface area contributed by atoms with Gasteiger partial charge in [-0.05, 0) is 92.9 Å². The summed E-state index contributed by atoms with van der Waals surface area (Å²) in [5.74, 6) is 1.38. The van der Waals surface area contributed by atoms with Crippen LogP contribution in [0.1, 0.15) is 55.8 Å². The molecule has 0 saturated heterocycles. The molecule has 1 atom stereocenters. The summed E-state index contributed by atoms with van der Waals surface area (Å²) < 4.78 is 33.7. The predicted octanol–water partition coefficient (Wildman–Crippen LogP) is 4.17. The van der Waals surface area contributed by atoms with Gasteiger partial charge < -0.3 is 14.8 Å². The molecule has 0 radical (unpaired) electrons. The molecule has 5 rings (SSSR count). The number of rotatable bonds is 7. The number of carbonyl (C=O) groups is 2. The van der Waals surface area contributed by atoms with Crippen molar-refractivity contribution in [2.75, 3.05) is 6.61 Å². The van der Waals surface area contributed by atoms with Gasteiger partial charge in [-0.1, -0.05) is 0 Å². The molecule has 1 aromatic carbocycles. The van der Waals surface area contributed by atoms with E-state index in [9.17, 15) is 18.4 Å². The molecule has 158 valence electrons. The Hall–Kier alpha value is -2.18. The summed E-state index contributed by atoms with van der Waals surface area (Å²) in [6.45, 7) is -1.20. The van der Waals surface area contributed by atoms with Crippen LogP contribution in [-0.4, -0.2) is 31.1 Å². The predicted molar refractivity (Wildman–Crippen MR) is 102 cm³/mol. The van der Waals surface area contributed by atoms with E-state index in [0.717, 1.165) is 17.8 Å². The van der Waals surface area contributed by atoms with Crippen LogP contribution in [0.5, 0.6) is 5.75 Å². The summed E-state index contributed by atoms with van der Waals surface area (Å²) >= 11 is 0. The molecule has 7 heteroatoms. The Labute approximate surface area is 169 Å². The Bertz CT molecular complexity index is 729. The number of amides is 1. The number of alkyl halides is 2. The first kappa shape index (κ1) is 20.1. The van der Waals surface area contributed by atoms with E-state index < -0.39 is 12.6 Å². The second kappa shape index (κ2) is 7.92. The minimum absolute atomic E-state index is 0.0429. The summed E-state index contributed by atoms with van der Waals surface area (Å²) in [6, 6.07) is 5.25. The van der Waals surface area contributed by atoms with Crippen molar-refractivity contribution in [2.24, 2.45) is 23.2 Å². The SMILES string of the molecule is C[C@H](NC(=O)COC(=O)c1ccc(OC(F)F)cc1)C12CC3CC(CC(C3)C1)C2. The zero-order valence-electron chi connectivity index (χ0n) is 16.5. The fraction of sp³-hybridized carbons (Fsp3) is 0.636. The number of carbonyl (C=O) groups excluding carboxylic acids is 2. The summed E-state index contributed by atoms with van der Waals surface area (Å²) in [6.07, 6.45) is 7.60. The Morgan fingerprint density at radius 2 is 1.62 bits per heavy atom. The number of halogens is 2. The first-order chi connectivity index (χ1) is 13.8. The Morgan fingerprint density at radius 3 is 2.14 bits per heavy atom. The molecule has 29 heavy (non-hydrogen) atoms. The average molecular weight is 407 g/mol. The molecule has 0 heterocycles. The quantitative estimate of drug-likeness (QED) is 0.689. The minimum Gasteiger partial charge on any atom is -0.452 e. The first-order valence-electron chi connectivity index (χ1n) is 10.3. The lowest BCUT2D eigenvalue weighted by molar-refractivity contribution is -0.128. The van der Waals surface area contributed by atoms with E-state index in [-0.39, 0.29) is 35.3 Å². The van der Waals surface area contributed by atoms with Crippen molar-refractivity contribution in [1.29, 1.82) is 0 Å². The maximum absolute atomic E-state index is 12.4. The van der Waals surface area contributed by atoms with Crippen molar-refractivity contribution in [1.82, 2.24) is 5.32 Å². The molecule has 1 aromatic rings. The van der Waals surface area contributed by atoms with E-state index in [1.165, 1.54) is 62.8 Å². The number of benzene rings is 1. The standard InChI is InChI=1S/C22H27F2NO4/c1-13(22-9-14-6-15(10-22)8-16(7-14)11-22)25-19(26)12-28-20(27)17-2-4-18(5-3-17)29-21(23)24/h2-5,13-16,21H,6-12H2,1H3,(H,25,26)/t13-,14?,15?,16?,22?/m0/s1. The molecule has 1 N–H and O–H groups in total. The van der Waals surface area contributed by atoms with E-state index in [1.54, 1.807) is 0 Å². The van der Waals surface area contributed by atoms with Crippen molar-refractivity contribution in [3.05, 3.63) is 29.8 Å². The zero-order chi connectivity index (χ0) is 20.6. The second-order valence-electron chi connectivity index (χ2n) is 9.05. The van der Waals surface area contributed by atoms with Gasteiger partial charge in [0.05, 0.1) is 5.56 Å². The highest BCUT2D eigenvalue weighted by molar-refractivity contribution is 5.91. The summed E-state index contributed by atoms with van der Waals surface area (Å²) in [5.41, 5.74) is 0.364. The van der Waals surface area contributed by atoms with Crippen LogP contribution in [0.25, 0.3) is 0 Å². The second-order valence-corrected chi connectivity index (χ2v) is 9.05. The van der Waals surface area contributed by atoms with E-state index >= 15 is 0 Å². The lowest BCUT2D eigenvalue weighted by atomic mass is 9.48. The maximum atomic E-state index is 12.4. The molecule has 4 aliphatic carbocycles. The lowest BCUT2D eigenvalue weighted by Crippen LogP contribution is -2.56. The minimum atomic E-state index is -2.92. The highest BCUT2D eigenvalue weighted by atomic mass is 19.3. The van der Waals surface area contributed by atoms with Crippen LogP contribution in [0.2, 0.25) is 0 Å². The average Bonchev–Trinajstić information content (AvgIpc) is 2.65. The topological polar surface area (TPSA) is 64.6 Å². The number of nitrogens with one attached hydrogen (secondary N) is 1.